The number of fused-ring (bicyclic) bond motifs is 3. The van der Waals surface area contributed by atoms with Gasteiger partial charge in [0.25, 0.3) is 0 Å². The molecular weight excluding hydrogens is 606 g/mol. The first-order chi connectivity index (χ1) is 20.5. The number of benzene rings is 3. The van der Waals surface area contributed by atoms with Crippen molar-refractivity contribution in [3.8, 4) is 0 Å². The van der Waals surface area contributed by atoms with E-state index < -0.39 is 34.7 Å². The van der Waals surface area contributed by atoms with Crippen LogP contribution in [0.4, 0.5) is 16.2 Å². The Balaban J connectivity index is 1.68. The van der Waals surface area contributed by atoms with Crippen molar-refractivity contribution in [1.29, 1.82) is 0 Å². The molecule has 2 amide bonds. The van der Waals surface area contributed by atoms with Gasteiger partial charge in [-0.1, -0.05) is 76.6 Å². The Morgan fingerprint density at radius 1 is 1.09 bits per heavy atom. The van der Waals surface area contributed by atoms with Crippen LogP contribution >= 0.6 is 15.9 Å². The van der Waals surface area contributed by atoms with Gasteiger partial charge in [-0.15, -0.1) is 6.58 Å². The van der Waals surface area contributed by atoms with Gasteiger partial charge in [-0.05, 0) is 62.9 Å². The summed E-state index contributed by atoms with van der Waals surface area (Å²) in [6.07, 6.45) is 1.71. The minimum absolute atomic E-state index is 0.0835. The first kappa shape index (κ1) is 29.5. The first-order valence-electron chi connectivity index (χ1n) is 14.7. The third-order valence-electron chi connectivity index (χ3n) is 9.40. The number of ether oxygens (including phenoxy) is 1. The van der Waals surface area contributed by atoms with Crippen molar-refractivity contribution in [2.24, 2.45) is 0 Å². The summed E-state index contributed by atoms with van der Waals surface area (Å²) >= 11 is 3.88. The van der Waals surface area contributed by atoms with Gasteiger partial charge >= 0.3 is 6.09 Å². The van der Waals surface area contributed by atoms with E-state index in [9.17, 15) is 9.90 Å². The topological polar surface area (TPSA) is 73.3 Å². The van der Waals surface area contributed by atoms with Gasteiger partial charge in [0.1, 0.15) is 11.8 Å². The van der Waals surface area contributed by atoms with Crippen LogP contribution in [0.1, 0.15) is 56.3 Å². The molecule has 0 aliphatic carbocycles. The summed E-state index contributed by atoms with van der Waals surface area (Å²) in [5, 5.41) is 10.7. The number of anilines is 2. The van der Waals surface area contributed by atoms with Crippen LogP contribution < -0.4 is 9.80 Å². The molecule has 1 N–H and O–H groups in total. The highest BCUT2D eigenvalue weighted by molar-refractivity contribution is 9.10. The number of likely N-dealkylation sites (tertiary alicyclic amines) is 1. The Morgan fingerprint density at radius 2 is 1.77 bits per heavy atom. The Kier molecular flexibility index (Phi) is 7.21. The van der Waals surface area contributed by atoms with E-state index in [1.807, 2.05) is 106 Å². The van der Waals surface area contributed by atoms with E-state index in [0.29, 0.717) is 25.1 Å². The maximum atomic E-state index is 15.5. The molecule has 8 heteroatoms. The fourth-order valence-electron chi connectivity index (χ4n) is 7.96. The van der Waals surface area contributed by atoms with Gasteiger partial charge in [-0.3, -0.25) is 9.69 Å². The molecule has 1 saturated heterocycles. The number of likely N-dealkylation sites (N-methyl/N-ethyl adjacent to an activating group) is 1. The largest absolute Gasteiger partial charge is 0.443 e. The fourth-order valence-corrected chi connectivity index (χ4v) is 8.67. The number of hydrogen-bond donors (Lipinski definition) is 1. The van der Waals surface area contributed by atoms with Gasteiger partial charge in [0, 0.05) is 29.3 Å². The number of allylic oxidation sites excluding steroid dienone is 1. The van der Waals surface area contributed by atoms with Gasteiger partial charge in [0.05, 0.1) is 29.2 Å². The number of rotatable bonds is 5. The number of carbonyl (C=O) groups is 2. The van der Waals surface area contributed by atoms with E-state index >= 15 is 4.79 Å². The van der Waals surface area contributed by atoms with Crippen LogP contribution in [-0.2, 0) is 20.4 Å². The highest BCUT2D eigenvalue weighted by Gasteiger charge is 2.73. The van der Waals surface area contributed by atoms with E-state index in [-0.39, 0.29) is 12.5 Å². The summed E-state index contributed by atoms with van der Waals surface area (Å²) in [6.45, 7) is 9.94. The average molecular weight is 645 g/mol. The van der Waals surface area contributed by atoms with Crippen molar-refractivity contribution in [3.05, 3.63) is 107 Å². The number of hydrogen-bond acceptors (Lipinski definition) is 5. The van der Waals surface area contributed by atoms with Gasteiger partial charge < -0.3 is 19.6 Å². The molecule has 6 rings (SSSR count). The number of halogens is 1. The summed E-state index contributed by atoms with van der Waals surface area (Å²) in [5.74, 6) is -0.0835. The molecule has 0 aromatic heterocycles. The number of aliphatic hydroxyl groups is 1. The molecule has 3 heterocycles. The lowest BCUT2D eigenvalue weighted by molar-refractivity contribution is -0.151. The molecule has 0 unspecified atom stereocenters. The lowest BCUT2D eigenvalue weighted by Crippen LogP contribution is -2.75. The van der Waals surface area contributed by atoms with E-state index in [2.05, 4.69) is 33.5 Å². The molecule has 3 aliphatic rings. The molecule has 3 aromatic carbocycles. The molecule has 0 bridgehead atoms. The van der Waals surface area contributed by atoms with E-state index in [1.54, 1.807) is 4.90 Å². The van der Waals surface area contributed by atoms with Crippen molar-refractivity contribution < 1.29 is 19.4 Å². The third kappa shape index (κ3) is 4.09. The van der Waals surface area contributed by atoms with Crippen LogP contribution in [0.2, 0.25) is 0 Å². The normalized spacial score (nSPS) is 24.9. The highest BCUT2D eigenvalue weighted by atomic mass is 79.9. The molecule has 1 spiro atoms. The standard InChI is InChI=1S/C35H38BrN3O4/c1-6-19-34-24-15-10-11-17-26(24)39(32(42)43-33(2,3)4)30-35(34,29-25(36)16-12-18-27(29)37(30)5)20-21-38(31(34)41)28(22-40)23-13-8-7-9-14-23/h6-18,28,30,40H,1,19-22H2,2-5H3/t28-,30+,34+,35+/m1/s1. The Bertz CT molecular complexity index is 1590. The summed E-state index contributed by atoms with van der Waals surface area (Å²) in [7, 11) is 1.99. The second-order valence-corrected chi connectivity index (χ2v) is 13.6. The second kappa shape index (κ2) is 10.5. The molecule has 0 saturated carbocycles. The zero-order valence-electron chi connectivity index (χ0n) is 25.1. The van der Waals surface area contributed by atoms with E-state index in [0.717, 1.165) is 26.9 Å². The van der Waals surface area contributed by atoms with Gasteiger partial charge in [0.15, 0.2) is 0 Å². The van der Waals surface area contributed by atoms with Crippen LogP contribution in [0, 0.1) is 0 Å². The quantitative estimate of drug-likeness (QED) is 0.313. The van der Waals surface area contributed by atoms with E-state index in [4.69, 9.17) is 4.74 Å². The second-order valence-electron chi connectivity index (χ2n) is 12.7. The average Bonchev–Trinajstić information content (AvgIpc) is 3.23. The third-order valence-corrected chi connectivity index (χ3v) is 10.1. The van der Waals surface area contributed by atoms with Gasteiger partial charge in [0.2, 0.25) is 5.91 Å². The number of nitrogens with zero attached hydrogens (tertiary/aromatic N) is 3. The number of para-hydroxylation sites is 1. The van der Waals surface area contributed by atoms with Crippen molar-refractivity contribution in [1.82, 2.24) is 4.90 Å². The van der Waals surface area contributed by atoms with E-state index in [1.165, 1.54) is 0 Å². The predicted octanol–water partition coefficient (Wildman–Crippen LogP) is 6.70. The Labute approximate surface area is 261 Å². The van der Waals surface area contributed by atoms with Crippen LogP contribution in [0.25, 0.3) is 0 Å². The molecule has 3 aromatic rings. The lowest BCUT2D eigenvalue weighted by Gasteiger charge is -2.62. The van der Waals surface area contributed by atoms with Crippen LogP contribution in [0.5, 0.6) is 0 Å². The minimum atomic E-state index is -1.13. The van der Waals surface area contributed by atoms with Crippen molar-refractivity contribution in [3.63, 3.8) is 0 Å². The fraction of sp³-hybridized carbons (Fsp3) is 0.371. The molecular formula is C35H38BrN3O4. The molecule has 224 valence electrons. The summed E-state index contributed by atoms with van der Waals surface area (Å²) in [4.78, 5) is 35.4. The SMILES string of the molecule is C=CC[C@]12C(=O)N([C@H](CO)c3ccccc3)CC[C@@]13c1c(Br)cccc1N(C)[C@H]3N(C(=O)OC(C)(C)C)c1ccccc12. The van der Waals surface area contributed by atoms with Crippen molar-refractivity contribution in [2.75, 3.05) is 30.0 Å². The van der Waals surface area contributed by atoms with Gasteiger partial charge in [-0.2, -0.15) is 0 Å². The smallest absolute Gasteiger partial charge is 0.416 e. The zero-order chi connectivity index (χ0) is 30.7. The summed E-state index contributed by atoms with van der Waals surface area (Å²) < 4.78 is 6.94. The molecule has 43 heavy (non-hydrogen) atoms. The number of amides is 2. The molecule has 7 nitrogen and oxygen atoms in total. The number of aliphatic hydroxyl groups excluding tert-OH is 1. The van der Waals surface area contributed by atoms with Crippen LogP contribution in [0.15, 0.2) is 89.9 Å². The molecule has 0 radical (unpaired) electrons. The zero-order valence-corrected chi connectivity index (χ0v) is 26.7. The van der Waals surface area contributed by atoms with Crippen molar-refractivity contribution >= 4 is 39.3 Å². The predicted molar refractivity (Wildman–Crippen MR) is 172 cm³/mol. The highest BCUT2D eigenvalue weighted by Crippen LogP contribution is 2.67. The summed E-state index contributed by atoms with van der Waals surface area (Å²) in [6, 6.07) is 22.9. The maximum absolute atomic E-state index is 15.5. The minimum Gasteiger partial charge on any atom is -0.443 e. The first-order valence-corrected chi connectivity index (χ1v) is 15.5. The van der Waals surface area contributed by atoms with Crippen LogP contribution in [0.3, 0.4) is 0 Å². The van der Waals surface area contributed by atoms with Gasteiger partial charge in [-0.25, -0.2) is 4.79 Å². The molecule has 1 fully saturated rings. The molecule has 3 aliphatic heterocycles. The van der Waals surface area contributed by atoms with Crippen LogP contribution in [-0.4, -0.2) is 54.0 Å². The molecule has 4 atom stereocenters. The summed E-state index contributed by atoms with van der Waals surface area (Å²) in [5.41, 5.74) is 1.53. The lowest BCUT2D eigenvalue weighted by atomic mass is 9.49. The maximum Gasteiger partial charge on any atom is 0.416 e. The Hall–Kier alpha value is -3.62. The van der Waals surface area contributed by atoms with Crippen molar-refractivity contribution in [2.45, 2.75) is 62.3 Å². The Morgan fingerprint density at radius 3 is 2.44 bits per heavy atom. The number of piperidine rings is 1. The monoisotopic (exact) mass is 643 g/mol. The number of carbonyl (C=O) groups excluding carboxylic acids is 2.